The second-order valence-corrected chi connectivity index (χ2v) is 7.93. The number of hydrogen-bond donors (Lipinski definition) is 1. The minimum atomic E-state index is -3.48. The third kappa shape index (κ3) is 3.09. The number of hydrogen-bond acceptors (Lipinski definition) is 3. The summed E-state index contributed by atoms with van der Waals surface area (Å²) in [4.78, 5) is 12.1. The van der Waals surface area contributed by atoms with Gasteiger partial charge in [-0.15, -0.1) is 0 Å². The van der Waals surface area contributed by atoms with Gasteiger partial charge in [-0.25, -0.2) is 12.8 Å². The van der Waals surface area contributed by atoms with Crippen molar-refractivity contribution in [3.05, 3.63) is 24.0 Å². The molecule has 1 N–H and O–H groups in total. The lowest BCUT2D eigenvalue weighted by Gasteiger charge is -2.27. The molecule has 3 rings (SSSR count). The van der Waals surface area contributed by atoms with Gasteiger partial charge in [-0.2, -0.15) is 0 Å². The molecule has 22 heavy (non-hydrogen) atoms. The number of amides is 1. The summed E-state index contributed by atoms with van der Waals surface area (Å²) in [7, 11) is -3.48. The van der Waals surface area contributed by atoms with Crippen molar-refractivity contribution < 1.29 is 17.6 Å². The van der Waals surface area contributed by atoms with Crippen molar-refractivity contribution in [3.63, 3.8) is 0 Å². The summed E-state index contributed by atoms with van der Waals surface area (Å²) in [6.07, 6.45) is 5.36. The molecule has 7 heteroatoms. The minimum Gasteiger partial charge on any atom is -0.324 e. The van der Waals surface area contributed by atoms with E-state index in [9.17, 15) is 17.6 Å². The molecule has 0 atom stereocenters. The summed E-state index contributed by atoms with van der Waals surface area (Å²) >= 11 is 0. The first-order valence-electron chi connectivity index (χ1n) is 7.46. The van der Waals surface area contributed by atoms with Gasteiger partial charge in [0.2, 0.25) is 15.9 Å². The predicted molar refractivity (Wildman–Crippen MR) is 82.7 cm³/mol. The quantitative estimate of drug-likeness (QED) is 0.904. The van der Waals surface area contributed by atoms with Gasteiger partial charge in [-0.05, 0) is 43.9 Å². The van der Waals surface area contributed by atoms with Crippen LogP contribution >= 0.6 is 0 Å². The molecular formula is C15H19FN2O3S. The standard InChI is InChI=1S/C15H19FN2O3S/c1-22(20,21)18(12-6-7-12)14-8-5-11(16)9-13(14)17-15(19)10-3-2-4-10/h5,8-10,12H,2-4,6-7H2,1H3,(H,17,19). The average molecular weight is 326 g/mol. The first-order valence-corrected chi connectivity index (χ1v) is 9.31. The van der Waals surface area contributed by atoms with Crippen molar-refractivity contribution in [1.29, 1.82) is 0 Å². The summed E-state index contributed by atoms with van der Waals surface area (Å²) in [5.41, 5.74) is 0.577. The van der Waals surface area contributed by atoms with Crippen LogP contribution < -0.4 is 9.62 Å². The predicted octanol–water partition coefficient (Wildman–Crippen LogP) is 2.49. The smallest absolute Gasteiger partial charge is 0.232 e. The van der Waals surface area contributed by atoms with Gasteiger partial charge in [-0.3, -0.25) is 9.10 Å². The Balaban J connectivity index is 1.94. The lowest BCUT2D eigenvalue weighted by atomic mass is 9.85. The highest BCUT2D eigenvalue weighted by atomic mass is 32.2. The molecular weight excluding hydrogens is 307 g/mol. The molecule has 0 spiro atoms. The molecule has 2 aliphatic rings. The van der Waals surface area contributed by atoms with Crippen LogP contribution in [0.5, 0.6) is 0 Å². The van der Waals surface area contributed by atoms with E-state index in [1.54, 1.807) is 0 Å². The first kappa shape index (κ1) is 15.3. The normalized spacial score (nSPS) is 18.6. The van der Waals surface area contributed by atoms with Crippen molar-refractivity contribution >= 4 is 27.3 Å². The molecule has 0 unspecified atom stereocenters. The van der Waals surface area contributed by atoms with Crippen LogP contribution in [0.15, 0.2) is 18.2 Å². The molecule has 0 bridgehead atoms. The Morgan fingerprint density at radius 2 is 1.95 bits per heavy atom. The Hall–Kier alpha value is -1.63. The third-order valence-corrected chi connectivity index (χ3v) is 5.38. The number of halogens is 1. The van der Waals surface area contributed by atoms with Crippen LogP contribution in [0.2, 0.25) is 0 Å². The molecule has 5 nitrogen and oxygen atoms in total. The van der Waals surface area contributed by atoms with E-state index in [2.05, 4.69) is 5.32 Å². The summed E-state index contributed by atoms with van der Waals surface area (Å²) in [6, 6.07) is 3.73. The Morgan fingerprint density at radius 1 is 1.27 bits per heavy atom. The van der Waals surface area contributed by atoms with Gasteiger partial charge in [0.15, 0.2) is 0 Å². The molecule has 2 aliphatic carbocycles. The van der Waals surface area contributed by atoms with E-state index < -0.39 is 15.8 Å². The van der Waals surface area contributed by atoms with E-state index in [4.69, 9.17) is 0 Å². The largest absolute Gasteiger partial charge is 0.324 e. The van der Waals surface area contributed by atoms with Gasteiger partial charge in [0.1, 0.15) is 5.82 Å². The lowest BCUT2D eigenvalue weighted by Crippen LogP contribution is -2.34. The SMILES string of the molecule is CS(=O)(=O)N(c1ccc(F)cc1NC(=O)C1CCC1)C1CC1. The molecule has 0 aliphatic heterocycles. The van der Waals surface area contributed by atoms with E-state index in [0.717, 1.165) is 38.4 Å². The average Bonchev–Trinajstić information content (AvgIpc) is 3.12. The maximum absolute atomic E-state index is 13.6. The maximum atomic E-state index is 13.6. The fourth-order valence-corrected chi connectivity index (χ4v) is 3.93. The van der Waals surface area contributed by atoms with Gasteiger partial charge in [-0.1, -0.05) is 6.42 Å². The van der Waals surface area contributed by atoms with E-state index >= 15 is 0 Å². The van der Waals surface area contributed by atoms with E-state index in [1.807, 2.05) is 0 Å². The number of rotatable bonds is 5. The molecule has 0 aromatic heterocycles. The van der Waals surface area contributed by atoms with E-state index in [1.165, 1.54) is 22.5 Å². The highest BCUT2D eigenvalue weighted by Crippen LogP contribution is 2.38. The Labute approximate surface area is 129 Å². The molecule has 2 saturated carbocycles. The first-order chi connectivity index (χ1) is 10.4. The van der Waals surface area contributed by atoms with Gasteiger partial charge in [0.05, 0.1) is 17.6 Å². The van der Waals surface area contributed by atoms with Gasteiger partial charge < -0.3 is 5.32 Å². The third-order valence-electron chi connectivity index (χ3n) is 4.17. The van der Waals surface area contributed by atoms with Crippen LogP contribution in [0.1, 0.15) is 32.1 Å². The van der Waals surface area contributed by atoms with Gasteiger partial charge >= 0.3 is 0 Å². The second-order valence-electron chi connectivity index (χ2n) is 6.07. The molecule has 0 saturated heterocycles. The van der Waals surface area contributed by atoms with Crippen LogP contribution in [0.25, 0.3) is 0 Å². The van der Waals surface area contributed by atoms with Gasteiger partial charge in [0.25, 0.3) is 0 Å². The molecule has 0 radical (unpaired) electrons. The topological polar surface area (TPSA) is 66.5 Å². The zero-order chi connectivity index (χ0) is 15.9. The zero-order valence-corrected chi connectivity index (χ0v) is 13.2. The Bertz CT molecular complexity index is 697. The van der Waals surface area contributed by atoms with Crippen LogP contribution in [0.4, 0.5) is 15.8 Å². The highest BCUT2D eigenvalue weighted by molar-refractivity contribution is 7.92. The molecule has 0 heterocycles. The minimum absolute atomic E-state index is 0.0521. The number of anilines is 2. The number of carbonyl (C=O) groups is 1. The highest BCUT2D eigenvalue weighted by Gasteiger charge is 2.37. The monoisotopic (exact) mass is 326 g/mol. The number of carbonyl (C=O) groups excluding carboxylic acids is 1. The van der Waals surface area contributed by atoms with Crippen LogP contribution in [0.3, 0.4) is 0 Å². The molecule has 120 valence electrons. The molecule has 1 aromatic carbocycles. The maximum Gasteiger partial charge on any atom is 0.232 e. The second kappa shape index (κ2) is 5.53. The molecule has 1 aromatic rings. The van der Waals surface area contributed by atoms with Crippen molar-refractivity contribution in [2.45, 2.75) is 38.1 Å². The molecule has 1 amide bonds. The van der Waals surface area contributed by atoms with Crippen molar-refractivity contribution in [2.24, 2.45) is 5.92 Å². The fraction of sp³-hybridized carbons (Fsp3) is 0.533. The number of nitrogens with one attached hydrogen (secondary N) is 1. The summed E-state index contributed by atoms with van der Waals surface area (Å²) < 4.78 is 39.0. The number of nitrogens with zero attached hydrogens (tertiary/aromatic N) is 1. The van der Waals surface area contributed by atoms with Crippen LogP contribution in [-0.4, -0.2) is 26.6 Å². The Morgan fingerprint density at radius 3 is 2.45 bits per heavy atom. The zero-order valence-electron chi connectivity index (χ0n) is 12.4. The number of benzene rings is 1. The van der Waals surface area contributed by atoms with Crippen molar-refractivity contribution in [3.8, 4) is 0 Å². The van der Waals surface area contributed by atoms with Crippen molar-refractivity contribution in [1.82, 2.24) is 0 Å². The Kier molecular flexibility index (Phi) is 3.84. The summed E-state index contributed by atoms with van der Waals surface area (Å²) in [5.74, 6) is -0.719. The van der Waals surface area contributed by atoms with Gasteiger partial charge in [0, 0.05) is 12.0 Å². The number of sulfonamides is 1. The molecule has 2 fully saturated rings. The van der Waals surface area contributed by atoms with Crippen LogP contribution in [-0.2, 0) is 14.8 Å². The van der Waals surface area contributed by atoms with E-state index in [0.29, 0.717) is 5.69 Å². The van der Waals surface area contributed by atoms with E-state index in [-0.39, 0.29) is 23.6 Å². The van der Waals surface area contributed by atoms with Crippen LogP contribution in [0, 0.1) is 11.7 Å². The fourth-order valence-electron chi connectivity index (χ4n) is 2.66. The summed E-state index contributed by atoms with van der Waals surface area (Å²) in [6.45, 7) is 0. The van der Waals surface area contributed by atoms with Crippen molar-refractivity contribution in [2.75, 3.05) is 15.9 Å². The summed E-state index contributed by atoms with van der Waals surface area (Å²) in [5, 5.41) is 2.70. The lowest BCUT2D eigenvalue weighted by molar-refractivity contribution is -0.122.